The molecule has 1 fully saturated rings. The first-order valence-electron chi connectivity index (χ1n) is 9.08. The van der Waals surface area contributed by atoms with E-state index in [9.17, 15) is 9.59 Å². The van der Waals surface area contributed by atoms with Crippen molar-refractivity contribution in [1.29, 1.82) is 0 Å². The number of anilines is 1. The molecule has 0 bridgehead atoms. The first-order valence-corrected chi connectivity index (χ1v) is 9.08. The van der Waals surface area contributed by atoms with Crippen LogP contribution in [-0.4, -0.2) is 15.9 Å². The molecule has 1 aliphatic rings. The minimum Gasteiger partial charge on any atom is -0.329 e. The number of amides is 1. The van der Waals surface area contributed by atoms with Crippen LogP contribution in [0.3, 0.4) is 0 Å². The molecule has 0 spiro atoms. The molecule has 0 aliphatic heterocycles. The van der Waals surface area contributed by atoms with E-state index >= 15 is 0 Å². The molecule has 132 valence electrons. The molecule has 1 aromatic carbocycles. The third-order valence-electron chi connectivity index (χ3n) is 4.71. The van der Waals surface area contributed by atoms with Gasteiger partial charge in [-0.1, -0.05) is 13.0 Å². The first-order chi connectivity index (χ1) is 12.7. The minimum absolute atomic E-state index is 0.00456. The fourth-order valence-electron chi connectivity index (χ4n) is 3.28. The van der Waals surface area contributed by atoms with Crippen LogP contribution >= 0.6 is 0 Å². The lowest BCUT2D eigenvalue weighted by atomic mass is 10.0. The molecule has 26 heavy (non-hydrogen) atoms. The molecule has 2 N–H and O–H groups in total. The Labute approximate surface area is 151 Å². The van der Waals surface area contributed by atoms with Crippen molar-refractivity contribution in [3.05, 3.63) is 58.5 Å². The molecular formula is C21H21N3O2. The third kappa shape index (κ3) is 3.25. The quantitative estimate of drug-likeness (QED) is 0.726. The van der Waals surface area contributed by atoms with Crippen LogP contribution in [0.1, 0.15) is 44.1 Å². The highest BCUT2D eigenvalue weighted by atomic mass is 16.1. The summed E-state index contributed by atoms with van der Waals surface area (Å²) >= 11 is 0. The molecule has 1 amide bonds. The number of nitrogens with zero attached hydrogens (tertiary/aromatic N) is 1. The summed E-state index contributed by atoms with van der Waals surface area (Å²) in [7, 11) is 0. The number of hydrogen-bond acceptors (Lipinski definition) is 3. The maximum absolute atomic E-state index is 12.2. The molecular weight excluding hydrogens is 326 g/mol. The number of carbonyl (C=O) groups excluding carboxylic acids is 1. The summed E-state index contributed by atoms with van der Waals surface area (Å²) in [5.41, 5.74) is 3.88. The Morgan fingerprint density at radius 3 is 2.85 bits per heavy atom. The molecule has 5 nitrogen and oxygen atoms in total. The van der Waals surface area contributed by atoms with Gasteiger partial charge in [0.1, 0.15) is 0 Å². The van der Waals surface area contributed by atoms with Crippen LogP contribution < -0.4 is 10.9 Å². The maximum Gasteiger partial charge on any atom is 0.257 e. The molecule has 1 aliphatic carbocycles. The van der Waals surface area contributed by atoms with Crippen LogP contribution in [0.4, 0.5) is 5.69 Å². The van der Waals surface area contributed by atoms with E-state index in [-0.39, 0.29) is 11.5 Å². The van der Waals surface area contributed by atoms with Crippen LogP contribution in [0.2, 0.25) is 0 Å². The van der Waals surface area contributed by atoms with Crippen LogP contribution in [0, 0.1) is 0 Å². The summed E-state index contributed by atoms with van der Waals surface area (Å²) in [5.74, 6) is 0.535. The average molecular weight is 347 g/mol. The van der Waals surface area contributed by atoms with Gasteiger partial charge in [-0.25, -0.2) is 4.98 Å². The number of benzene rings is 1. The van der Waals surface area contributed by atoms with E-state index in [2.05, 4.69) is 10.3 Å². The lowest BCUT2D eigenvalue weighted by molar-refractivity contribution is -0.116. The molecule has 0 saturated heterocycles. The number of aromatic nitrogens is 2. The standard InChI is InChI=1S/C21H21N3O2/c1-2-4-20(25)23-14-8-9-15-17(13-6-7-13)12-19(24-18(15)11-14)16-5-3-10-22-21(16)26/h3,5,8-13H,2,4,6-7H2,1H3,(H,22,26)(H,23,25). The monoisotopic (exact) mass is 347 g/mol. The van der Waals surface area contributed by atoms with E-state index in [4.69, 9.17) is 4.98 Å². The second-order valence-electron chi connectivity index (χ2n) is 6.81. The van der Waals surface area contributed by atoms with E-state index < -0.39 is 0 Å². The van der Waals surface area contributed by atoms with Gasteiger partial charge in [-0.15, -0.1) is 0 Å². The van der Waals surface area contributed by atoms with Crippen molar-refractivity contribution >= 4 is 22.5 Å². The van der Waals surface area contributed by atoms with E-state index in [1.54, 1.807) is 18.3 Å². The summed E-state index contributed by atoms with van der Waals surface area (Å²) in [6.07, 6.45) is 5.26. The molecule has 2 aromatic heterocycles. The zero-order valence-electron chi connectivity index (χ0n) is 14.7. The second kappa shape index (κ2) is 6.75. The summed E-state index contributed by atoms with van der Waals surface area (Å²) in [6, 6.07) is 11.5. The fourth-order valence-corrected chi connectivity index (χ4v) is 3.28. The number of rotatable bonds is 5. The van der Waals surface area contributed by atoms with Gasteiger partial charge in [0, 0.05) is 23.7 Å². The predicted molar refractivity (Wildman–Crippen MR) is 103 cm³/mol. The van der Waals surface area contributed by atoms with Crippen molar-refractivity contribution in [3.63, 3.8) is 0 Å². The molecule has 0 radical (unpaired) electrons. The average Bonchev–Trinajstić information content (AvgIpc) is 3.46. The Hall–Kier alpha value is -2.95. The number of fused-ring (bicyclic) bond motifs is 1. The van der Waals surface area contributed by atoms with E-state index in [0.717, 1.165) is 23.0 Å². The lowest BCUT2D eigenvalue weighted by Crippen LogP contribution is -2.11. The van der Waals surface area contributed by atoms with Gasteiger partial charge in [-0.05, 0) is 61.1 Å². The Balaban J connectivity index is 1.83. The summed E-state index contributed by atoms with van der Waals surface area (Å²) in [5, 5.41) is 4.02. The van der Waals surface area contributed by atoms with Gasteiger partial charge in [-0.2, -0.15) is 0 Å². The summed E-state index contributed by atoms with van der Waals surface area (Å²) in [6.45, 7) is 1.98. The first kappa shape index (κ1) is 16.5. The van der Waals surface area contributed by atoms with Crippen molar-refractivity contribution in [2.75, 3.05) is 5.32 Å². The third-order valence-corrected chi connectivity index (χ3v) is 4.71. The molecule has 5 heteroatoms. The van der Waals surface area contributed by atoms with Crippen LogP contribution in [0.15, 0.2) is 47.4 Å². The minimum atomic E-state index is -0.145. The Morgan fingerprint density at radius 2 is 2.12 bits per heavy atom. The Morgan fingerprint density at radius 1 is 1.27 bits per heavy atom. The number of carbonyl (C=O) groups is 1. The molecule has 4 rings (SSSR count). The number of nitrogens with one attached hydrogen (secondary N) is 2. The zero-order chi connectivity index (χ0) is 18.1. The van der Waals surface area contributed by atoms with Crippen molar-refractivity contribution in [1.82, 2.24) is 9.97 Å². The Bertz CT molecular complexity index is 1030. The van der Waals surface area contributed by atoms with Gasteiger partial charge in [0.15, 0.2) is 0 Å². The van der Waals surface area contributed by atoms with Crippen LogP contribution in [0.25, 0.3) is 22.2 Å². The number of aromatic amines is 1. The molecule has 0 unspecified atom stereocenters. The van der Waals surface area contributed by atoms with Crippen molar-refractivity contribution < 1.29 is 4.79 Å². The summed E-state index contributed by atoms with van der Waals surface area (Å²) < 4.78 is 0. The van der Waals surface area contributed by atoms with Gasteiger partial charge in [-0.3, -0.25) is 9.59 Å². The van der Waals surface area contributed by atoms with Gasteiger partial charge in [0.25, 0.3) is 5.56 Å². The molecule has 2 heterocycles. The summed E-state index contributed by atoms with van der Waals surface area (Å²) in [4.78, 5) is 31.5. The zero-order valence-corrected chi connectivity index (χ0v) is 14.7. The Kier molecular flexibility index (Phi) is 4.29. The van der Waals surface area contributed by atoms with Gasteiger partial charge < -0.3 is 10.3 Å². The van der Waals surface area contributed by atoms with Crippen molar-refractivity contribution in [2.45, 2.75) is 38.5 Å². The van der Waals surface area contributed by atoms with Gasteiger partial charge >= 0.3 is 0 Å². The van der Waals surface area contributed by atoms with Crippen LogP contribution in [-0.2, 0) is 4.79 Å². The van der Waals surface area contributed by atoms with Gasteiger partial charge in [0.05, 0.1) is 16.8 Å². The molecule has 3 aromatic rings. The molecule has 1 saturated carbocycles. The van der Waals surface area contributed by atoms with Crippen molar-refractivity contribution in [2.24, 2.45) is 0 Å². The molecule has 0 atom stereocenters. The number of hydrogen-bond donors (Lipinski definition) is 2. The number of pyridine rings is 2. The highest BCUT2D eigenvalue weighted by molar-refractivity contribution is 5.95. The van der Waals surface area contributed by atoms with Crippen molar-refractivity contribution in [3.8, 4) is 11.3 Å². The lowest BCUT2D eigenvalue weighted by Gasteiger charge is -2.11. The topological polar surface area (TPSA) is 74.8 Å². The normalized spacial score (nSPS) is 13.7. The second-order valence-corrected chi connectivity index (χ2v) is 6.81. The SMILES string of the molecule is CCCC(=O)Nc1ccc2c(C3CC3)cc(-c3ccc[nH]c3=O)nc2c1. The van der Waals surface area contributed by atoms with E-state index in [1.165, 1.54) is 18.4 Å². The highest BCUT2D eigenvalue weighted by Gasteiger charge is 2.26. The van der Waals surface area contributed by atoms with Gasteiger partial charge in [0.2, 0.25) is 5.91 Å². The van der Waals surface area contributed by atoms with Crippen LogP contribution in [0.5, 0.6) is 0 Å². The highest BCUT2D eigenvalue weighted by Crippen LogP contribution is 2.44. The number of H-pyrrole nitrogens is 1. The largest absolute Gasteiger partial charge is 0.329 e. The van der Waals surface area contributed by atoms with E-state index in [1.807, 2.05) is 31.2 Å². The fraction of sp³-hybridized carbons (Fsp3) is 0.286. The maximum atomic E-state index is 12.2. The predicted octanol–water partition coefficient (Wildman–Crippen LogP) is 4.21. The van der Waals surface area contributed by atoms with E-state index in [0.29, 0.717) is 23.6 Å². The smallest absolute Gasteiger partial charge is 0.257 e.